The zero-order valence-corrected chi connectivity index (χ0v) is 33.0. The van der Waals surface area contributed by atoms with Gasteiger partial charge in [-0.05, 0) is 118 Å². The Kier molecular flexibility index (Phi) is 11.2. The lowest BCUT2D eigenvalue weighted by atomic mass is 9.82. The number of carbonyl (C=O) groups excluding carboxylic acids is 4. The lowest BCUT2D eigenvalue weighted by Crippen LogP contribution is -2.52. The molecule has 2 bridgehead atoms. The number of esters is 1. The monoisotopic (exact) mass is 794 g/mol. The van der Waals surface area contributed by atoms with Gasteiger partial charge in [0.2, 0.25) is 11.8 Å². The summed E-state index contributed by atoms with van der Waals surface area (Å²) in [6.07, 6.45) is -0.106. The van der Waals surface area contributed by atoms with E-state index in [0.717, 1.165) is 35.4 Å². The molecule has 3 aromatic carbocycles. The molecule has 0 aromatic heterocycles. The van der Waals surface area contributed by atoms with Gasteiger partial charge in [-0.1, -0.05) is 38.5 Å². The van der Waals surface area contributed by atoms with Crippen molar-refractivity contribution in [3.63, 3.8) is 0 Å². The van der Waals surface area contributed by atoms with Crippen LogP contribution in [0.25, 0.3) is 11.1 Å². The molecule has 304 valence electrons. The maximum absolute atomic E-state index is 15.3. The fraction of sp³-hybridized carbons (Fsp3) is 0.455. The van der Waals surface area contributed by atoms with Gasteiger partial charge in [-0.3, -0.25) is 19.3 Å². The van der Waals surface area contributed by atoms with Crippen LogP contribution < -0.4 is 15.0 Å². The predicted octanol–water partition coefficient (Wildman–Crippen LogP) is 9.70. The third kappa shape index (κ3) is 9.07. The Balaban J connectivity index is 1.39. The molecule has 0 radical (unpaired) electrons. The van der Waals surface area contributed by atoms with Gasteiger partial charge in [0.05, 0.1) is 35.4 Å². The van der Waals surface area contributed by atoms with Crippen LogP contribution >= 0.6 is 0 Å². The number of methoxy groups -OCH3 is 1. The number of hydrogen-bond donors (Lipinski definition) is 1. The Bertz CT molecular complexity index is 2130. The van der Waals surface area contributed by atoms with E-state index in [0.29, 0.717) is 30.9 Å². The van der Waals surface area contributed by atoms with Gasteiger partial charge in [0.25, 0.3) is 5.91 Å². The average molecular weight is 795 g/mol. The molecule has 3 amide bonds. The molecular formula is C44H47F5N2O6. The molecule has 3 unspecified atom stereocenters. The van der Waals surface area contributed by atoms with Crippen molar-refractivity contribution in [1.29, 1.82) is 0 Å². The van der Waals surface area contributed by atoms with Crippen LogP contribution in [0, 0.1) is 40.7 Å². The SMILES string of the molecule is COc1ccc(-c2cc(C(=O)OC(C)(C)C)ccc2F)cc1C(=O)NC1C2CCC(/C2=C/C2CC2)[C@@H]1C(=O)N(C(=O)CC(C)(C)C)c1ccc(F)c(C(F)(F)F)c1. The summed E-state index contributed by atoms with van der Waals surface area (Å²) in [5, 5.41) is 3.02. The molecule has 0 aliphatic heterocycles. The Morgan fingerprint density at radius 1 is 0.842 bits per heavy atom. The number of imide groups is 1. The van der Waals surface area contributed by atoms with Crippen LogP contribution in [0.4, 0.5) is 27.6 Å². The highest BCUT2D eigenvalue weighted by atomic mass is 19.4. The van der Waals surface area contributed by atoms with Crippen molar-refractivity contribution in [3.8, 4) is 16.9 Å². The second-order valence-electron chi connectivity index (χ2n) is 17.4. The van der Waals surface area contributed by atoms with Crippen molar-refractivity contribution < 1.29 is 50.6 Å². The van der Waals surface area contributed by atoms with Gasteiger partial charge < -0.3 is 14.8 Å². The number of allylic oxidation sites excluding steroid dienone is 1. The summed E-state index contributed by atoms with van der Waals surface area (Å²) < 4.78 is 82.6. The molecule has 6 rings (SSSR count). The van der Waals surface area contributed by atoms with Gasteiger partial charge in [-0.25, -0.2) is 13.6 Å². The molecule has 4 atom stereocenters. The summed E-state index contributed by atoms with van der Waals surface area (Å²) in [4.78, 5) is 56.9. The Labute approximate surface area is 328 Å². The van der Waals surface area contributed by atoms with Crippen LogP contribution in [-0.4, -0.2) is 42.4 Å². The summed E-state index contributed by atoms with van der Waals surface area (Å²) in [5.74, 6) is -6.48. The second kappa shape index (κ2) is 15.4. The molecule has 3 saturated carbocycles. The minimum atomic E-state index is -5.10. The fourth-order valence-electron chi connectivity index (χ4n) is 7.98. The number of benzene rings is 3. The van der Waals surface area contributed by atoms with Crippen LogP contribution in [0.5, 0.6) is 5.75 Å². The third-order valence-electron chi connectivity index (χ3n) is 10.6. The largest absolute Gasteiger partial charge is 0.496 e. The first-order valence-electron chi connectivity index (χ1n) is 19.0. The number of rotatable bonds is 9. The molecule has 3 fully saturated rings. The maximum Gasteiger partial charge on any atom is 0.419 e. The van der Waals surface area contributed by atoms with E-state index in [9.17, 15) is 36.7 Å². The number of anilines is 1. The van der Waals surface area contributed by atoms with E-state index in [2.05, 4.69) is 11.4 Å². The number of nitrogens with one attached hydrogen (secondary N) is 1. The van der Waals surface area contributed by atoms with Crippen molar-refractivity contribution in [2.24, 2.45) is 29.1 Å². The highest BCUT2D eigenvalue weighted by Crippen LogP contribution is 2.55. The summed E-state index contributed by atoms with van der Waals surface area (Å²) in [7, 11) is 1.35. The number of hydrogen-bond acceptors (Lipinski definition) is 6. The highest BCUT2D eigenvalue weighted by Gasteiger charge is 2.56. The molecule has 3 aliphatic rings. The molecule has 3 aliphatic carbocycles. The molecule has 3 aromatic rings. The quantitative estimate of drug-likeness (QED) is 0.132. The Hall–Kier alpha value is -5.07. The minimum absolute atomic E-state index is 0.00668. The Morgan fingerprint density at radius 3 is 2.12 bits per heavy atom. The van der Waals surface area contributed by atoms with E-state index in [1.807, 2.05) is 0 Å². The second-order valence-corrected chi connectivity index (χ2v) is 17.4. The van der Waals surface area contributed by atoms with E-state index in [4.69, 9.17) is 9.47 Å². The standard InChI is InChI=1S/C44H47F5N2O6/c1-42(2,3)22-36(52)51(26-12-16-34(46)32(21-26)44(47,48)49)40(54)37-27-13-14-28(30(27)18-23-8-9-23)38(37)50-39(53)31-19-24(11-17-35(31)56-7)29-20-25(10-15-33(29)45)41(55)57-43(4,5)6/h10-12,15-21,23,27-28,37-38H,8-9,13-14,22H2,1-7H3,(H,50,53)/b30-18-/t27?,28?,37-,38?/m0/s1. The molecule has 8 nitrogen and oxygen atoms in total. The molecule has 1 N–H and O–H groups in total. The van der Waals surface area contributed by atoms with Gasteiger partial charge in [0.15, 0.2) is 0 Å². The van der Waals surface area contributed by atoms with Crippen molar-refractivity contribution in [3.05, 3.63) is 94.6 Å². The molecule has 13 heteroatoms. The van der Waals surface area contributed by atoms with Gasteiger partial charge >= 0.3 is 12.1 Å². The number of carbonyl (C=O) groups is 4. The predicted molar refractivity (Wildman–Crippen MR) is 203 cm³/mol. The smallest absolute Gasteiger partial charge is 0.419 e. The van der Waals surface area contributed by atoms with E-state index >= 15 is 4.39 Å². The highest BCUT2D eigenvalue weighted by molar-refractivity contribution is 6.16. The van der Waals surface area contributed by atoms with Crippen LogP contribution in [0.1, 0.15) is 99.9 Å². The first-order chi connectivity index (χ1) is 26.6. The summed E-state index contributed by atoms with van der Waals surface area (Å²) in [6.45, 7) is 10.4. The Morgan fingerprint density at radius 2 is 1.51 bits per heavy atom. The van der Waals surface area contributed by atoms with Gasteiger partial charge in [0, 0.05) is 23.9 Å². The molecule has 57 heavy (non-hydrogen) atoms. The zero-order valence-electron chi connectivity index (χ0n) is 33.0. The van der Waals surface area contributed by atoms with Crippen molar-refractivity contribution >= 4 is 29.4 Å². The first kappa shape index (κ1) is 41.6. The maximum atomic E-state index is 15.3. The van der Waals surface area contributed by atoms with E-state index < -0.39 is 81.6 Å². The van der Waals surface area contributed by atoms with E-state index in [-0.39, 0.29) is 40.3 Å². The number of halogens is 5. The molecule has 0 saturated heterocycles. The molecular weight excluding hydrogens is 747 g/mol. The van der Waals surface area contributed by atoms with Crippen LogP contribution in [0.3, 0.4) is 0 Å². The van der Waals surface area contributed by atoms with Gasteiger partial charge in [-0.2, -0.15) is 13.2 Å². The lowest BCUT2D eigenvalue weighted by molar-refractivity contribution is -0.140. The van der Waals surface area contributed by atoms with Gasteiger partial charge in [0.1, 0.15) is 23.0 Å². The van der Waals surface area contributed by atoms with Crippen LogP contribution in [0.15, 0.2) is 66.2 Å². The van der Waals surface area contributed by atoms with Gasteiger partial charge in [-0.15, -0.1) is 0 Å². The fourth-order valence-corrected chi connectivity index (χ4v) is 7.98. The first-order valence-corrected chi connectivity index (χ1v) is 19.0. The minimum Gasteiger partial charge on any atom is -0.496 e. The molecule has 0 heterocycles. The summed E-state index contributed by atoms with van der Waals surface area (Å²) in [5.41, 5.74) is -2.20. The van der Waals surface area contributed by atoms with Crippen LogP contribution in [-0.2, 0) is 20.5 Å². The topological polar surface area (TPSA) is 102 Å². The van der Waals surface area contributed by atoms with E-state index in [1.54, 1.807) is 41.5 Å². The van der Waals surface area contributed by atoms with Crippen molar-refractivity contribution in [2.45, 2.75) is 91.5 Å². The summed E-state index contributed by atoms with van der Waals surface area (Å²) in [6, 6.07) is 9.34. The summed E-state index contributed by atoms with van der Waals surface area (Å²) >= 11 is 0. The number of amides is 3. The zero-order chi connectivity index (χ0) is 41.8. The third-order valence-corrected chi connectivity index (χ3v) is 10.6. The number of ether oxygens (including phenoxy) is 2. The van der Waals surface area contributed by atoms with Crippen LogP contribution in [0.2, 0.25) is 0 Å². The normalized spacial score (nSPS) is 21.4. The number of fused-ring (bicyclic) bond motifs is 2. The lowest BCUT2D eigenvalue weighted by Gasteiger charge is -2.35. The van der Waals surface area contributed by atoms with Crippen molar-refractivity contribution in [2.75, 3.05) is 12.0 Å². The number of nitrogens with zero attached hydrogens (tertiary/aromatic N) is 1. The number of alkyl halides is 3. The van der Waals surface area contributed by atoms with E-state index in [1.165, 1.54) is 37.4 Å². The average Bonchev–Trinajstić information content (AvgIpc) is 3.78. The molecule has 0 spiro atoms. The van der Waals surface area contributed by atoms with Crippen molar-refractivity contribution in [1.82, 2.24) is 5.32 Å².